The van der Waals surface area contributed by atoms with Crippen molar-refractivity contribution in [2.45, 2.75) is 276 Å². The highest BCUT2D eigenvalue weighted by atomic mass is 32.1. The Kier molecular flexibility index (Phi) is 40.6. The molecule has 0 saturated carbocycles. The van der Waals surface area contributed by atoms with Gasteiger partial charge in [-0.1, -0.05) is 233 Å². The van der Waals surface area contributed by atoms with Gasteiger partial charge in [0.2, 0.25) is 0 Å². The molecule has 0 heterocycles. The van der Waals surface area contributed by atoms with Gasteiger partial charge in [-0.05, 0) is 37.4 Å². The van der Waals surface area contributed by atoms with Crippen LogP contribution < -0.4 is 0 Å². The fraction of sp³-hybridized carbons (Fsp3) is 1.00. The van der Waals surface area contributed by atoms with Crippen LogP contribution in [0.15, 0.2) is 0 Å². The molecule has 0 aromatic rings. The van der Waals surface area contributed by atoms with Crippen LogP contribution in [0.1, 0.15) is 265 Å². The Bertz CT molecular complexity index is 629. The molecule has 3 nitrogen and oxygen atoms in total. The minimum atomic E-state index is -1.71. The zero-order valence-electron chi connectivity index (χ0n) is 34.9. The van der Waals surface area contributed by atoms with Gasteiger partial charge in [0.05, 0.1) is 13.2 Å². The molecule has 3 atom stereocenters. The van der Waals surface area contributed by atoms with E-state index in [-0.39, 0.29) is 5.92 Å². The van der Waals surface area contributed by atoms with Crippen molar-refractivity contribution in [3.63, 3.8) is 0 Å². The summed E-state index contributed by atoms with van der Waals surface area (Å²) in [5.41, 5.74) is 0. The summed E-state index contributed by atoms with van der Waals surface area (Å²) in [6.45, 7) is 10.1. The monoisotopic (exact) mass is 726 g/mol. The van der Waals surface area contributed by atoms with E-state index >= 15 is 0 Å². The molecule has 0 aliphatic rings. The predicted molar refractivity (Wildman–Crippen MR) is 225 cm³/mol. The molecule has 1 radical (unpaired) electrons. The molecule has 0 spiro atoms. The molecule has 301 valence electrons. The van der Waals surface area contributed by atoms with Crippen molar-refractivity contribution >= 4 is 12.6 Å². The van der Waals surface area contributed by atoms with Crippen molar-refractivity contribution in [3.05, 3.63) is 0 Å². The van der Waals surface area contributed by atoms with Crippen LogP contribution in [0.25, 0.3) is 0 Å². The quantitative estimate of drug-likeness (QED) is 0.0386. The van der Waals surface area contributed by atoms with Crippen LogP contribution in [-0.2, 0) is 14.6 Å². The minimum absolute atomic E-state index is 0.0966. The zero-order chi connectivity index (χ0) is 36.6. The van der Waals surface area contributed by atoms with E-state index in [1.165, 1.54) is 186 Å². The first-order chi connectivity index (χ1) is 24.5. The smallest absolute Gasteiger partial charge is 0.315 e. The third-order valence-electron chi connectivity index (χ3n) is 10.9. The lowest BCUT2D eigenvalue weighted by Gasteiger charge is -2.34. The number of hydrogen-bond acceptors (Lipinski definition) is 3. The molecule has 0 fully saturated rings. The second kappa shape index (κ2) is 40.4. The third kappa shape index (κ3) is 35.3. The lowest BCUT2D eigenvalue weighted by molar-refractivity contribution is -0.414. The van der Waals surface area contributed by atoms with Gasteiger partial charge in [0.1, 0.15) is 0 Å². The molecule has 3 unspecified atom stereocenters. The first kappa shape index (κ1) is 50.2. The molecule has 0 N–H and O–H groups in total. The first-order valence-corrected chi connectivity index (χ1v) is 23.7. The Morgan fingerprint density at radius 3 is 0.920 bits per heavy atom. The van der Waals surface area contributed by atoms with Crippen molar-refractivity contribution in [2.24, 2.45) is 5.92 Å². The van der Waals surface area contributed by atoms with Crippen LogP contribution in [0.5, 0.6) is 0 Å². The van der Waals surface area contributed by atoms with Crippen LogP contribution in [0, 0.1) is 5.92 Å². The average molecular weight is 726 g/mol. The molecule has 0 saturated heterocycles. The molecule has 0 aromatic heterocycles. The fourth-order valence-electron chi connectivity index (χ4n) is 7.41. The number of thiol groups is 1. The molecule has 0 aliphatic carbocycles. The predicted octanol–water partition coefficient (Wildman–Crippen LogP) is 16.5. The molecule has 50 heavy (non-hydrogen) atoms. The highest BCUT2D eigenvalue weighted by Gasteiger charge is 2.41. The molecule has 0 rings (SSSR count). The highest BCUT2D eigenvalue weighted by Crippen LogP contribution is 2.33. The van der Waals surface area contributed by atoms with Gasteiger partial charge >= 0.3 is 5.97 Å². The maximum absolute atomic E-state index is 14.4. The molecule has 4 heteroatoms. The van der Waals surface area contributed by atoms with E-state index in [0.717, 1.165) is 51.4 Å². The number of unbranched alkanes of at least 4 members (excludes halogenated alkanes) is 31. The van der Waals surface area contributed by atoms with Crippen LogP contribution in [0.2, 0.25) is 0 Å². The van der Waals surface area contributed by atoms with E-state index < -0.39 is 5.97 Å². The summed E-state index contributed by atoms with van der Waals surface area (Å²) in [6, 6.07) is 0. The van der Waals surface area contributed by atoms with Gasteiger partial charge in [0.25, 0.3) is 0 Å². The SMILES string of the molecule is CCCCCCCCCCCCCCOC([O])(OCCCCCCCCCCCC)C(CCCCCCCCCCCCCC)CCC(C)S. The molecule has 0 aromatic carbocycles. The van der Waals surface area contributed by atoms with Crippen LogP contribution in [0.3, 0.4) is 0 Å². The van der Waals surface area contributed by atoms with Gasteiger partial charge in [-0.2, -0.15) is 17.7 Å². The Labute approximate surface area is 321 Å². The Balaban J connectivity index is 4.68. The van der Waals surface area contributed by atoms with Crippen LogP contribution >= 0.6 is 12.6 Å². The van der Waals surface area contributed by atoms with Gasteiger partial charge in [0.15, 0.2) is 0 Å². The second-order valence-electron chi connectivity index (χ2n) is 16.2. The number of hydrogen-bond donors (Lipinski definition) is 1. The van der Waals surface area contributed by atoms with E-state index in [9.17, 15) is 5.11 Å². The Hall–Kier alpha value is 0.230. The van der Waals surface area contributed by atoms with E-state index in [1.54, 1.807) is 0 Å². The molecular weight excluding hydrogens is 633 g/mol. The zero-order valence-corrected chi connectivity index (χ0v) is 35.8. The first-order valence-electron chi connectivity index (χ1n) is 23.2. The molecule has 0 bridgehead atoms. The topological polar surface area (TPSA) is 38.4 Å². The summed E-state index contributed by atoms with van der Waals surface area (Å²) in [5.74, 6) is -1.81. The maximum Gasteiger partial charge on any atom is 0.315 e. The van der Waals surface area contributed by atoms with Crippen molar-refractivity contribution < 1.29 is 14.6 Å². The summed E-state index contributed by atoms with van der Waals surface area (Å²) in [4.78, 5) is 0. The van der Waals surface area contributed by atoms with Crippen molar-refractivity contribution in [2.75, 3.05) is 13.2 Å². The maximum atomic E-state index is 14.4. The van der Waals surface area contributed by atoms with E-state index in [4.69, 9.17) is 9.47 Å². The third-order valence-corrected chi connectivity index (χ3v) is 11.2. The molecule has 0 amide bonds. The van der Waals surface area contributed by atoms with E-state index in [1.807, 2.05) is 0 Å². The largest absolute Gasteiger partial charge is 0.325 e. The number of rotatable bonds is 43. The highest BCUT2D eigenvalue weighted by molar-refractivity contribution is 7.80. The summed E-state index contributed by atoms with van der Waals surface area (Å²) in [6.07, 6.45) is 47.4. The van der Waals surface area contributed by atoms with E-state index in [2.05, 4.69) is 40.3 Å². The van der Waals surface area contributed by atoms with Gasteiger partial charge in [0, 0.05) is 5.92 Å². The lowest BCUT2D eigenvalue weighted by atomic mass is 9.92. The second-order valence-corrected chi connectivity index (χ2v) is 17.1. The van der Waals surface area contributed by atoms with E-state index in [0.29, 0.717) is 18.5 Å². The minimum Gasteiger partial charge on any atom is -0.325 e. The van der Waals surface area contributed by atoms with Crippen LogP contribution in [-0.4, -0.2) is 24.4 Å². The van der Waals surface area contributed by atoms with Crippen LogP contribution in [0.4, 0.5) is 0 Å². The number of ether oxygens (including phenoxy) is 2. The standard InChI is InChI=1S/C46H93O3S/c1-5-8-11-14-17-20-23-25-27-30-33-36-39-45(41-40-44(4)50)46(47,48-42-37-34-31-28-22-19-16-13-10-7-3)49-43-38-35-32-29-26-24-21-18-15-12-9-6-2/h44-45,50H,5-43H2,1-4H3. The average Bonchev–Trinajstić information content (AvgIpc) is 3.10. The normalized spacial score (nSPS) is 14.3. The summed E-state index contributed by atoms with van der Waals surface area (Å²) in [5, 5.41) is 14.7. The summed E-state index contributed by atoms with van der Waals surface area (Å²) >= 11 is 4.68. The molecule has 0 aliphatic heterocycles. The molecular formula is C46H93O3S. The fourth-order valence-corrected chi connectivity index (χ4v) is 7.56. The van der Waals surface area contributed by atoms with Gasteiger partial charge in [-0.3, -0.25) is 0 Å². The van der Waals surface area contributed by atoms with Crippen molar-refractivity contribution in [1.29, 1.82) is 0 Å². The Morgan fingerprint density at radius 1 is 0.380 bits per heavy atom. The van der Waals surface area contributed by atoms with Gasteiger partial charge < -0.3 is 9.47 Å². The summed E-state index contributed by atoms with van der Waals surface area (Å²) in [7, 11) is 0. The lowest BCUT2D eigenvalue weighted by Crippen LogP contribution is -2.43. The van der Waals surface area contributed by atoms with Crippen molar-refractivity contribution in [3.8, 4) is 0 Å². The Morgan fingerprint density at radius 2 is 0.640 bits per heavy atom. The van der Waals surface area contributed by atoms with Gasteiger partial charge in [-0.15, -0.1) is 0 Å². The summed E-state index contributed by atoms with van der Waals surface area (Å²) < 4.78 is 12.5. The van der Waals surface area contributed by atoms with Gasteiger partial charge in [-0.25, -0.2) is 0 Å². The van der Waals surface area contributed by atoms with Crippen molar-refractivity contribution in [1.82, 2.24) is 0 Å².